The highest BCUT2D eigenvalue weighted by molar-refractivity contribution is 5.35. The standard InChI is InChI=1S/C17H20.2C2H6/c1-4-6-11-16(12-7-5-2)14-17-13-9-8-10-15(17)3;2*1-2/h4-13H,1,14H2,2-3H3;2*1-2H3/b7-5-,11-6+,16-12-;;. The first-order chi connectivity index (χ1) is 10.3. The van der Waals surface area contributed by atoms with Gasteiger partial charge < -0.3 is 0 Å². The summed E-state index contributed by atoms with van der Waals surface area (Å²) in [5.74, 6) is 0. The van der Waals surface area contributed by atoms with Crippen LogP contribution in [0.5, 0.6) is 0 Å². The van der Waals surface area contributed by atoms with Crippen molar-refractivity contribution in [2.24, 2.45) is 0 Å². The number of hydrogen-bond acceptors (Lipinski definition) is 0. The molecule has 21 heavy (non-hydrogen) atoms. The quantitative estimate of drug-likeness (QED) is 0.519. The van der Waals surface area contributed by atoms with Gasteiger partial charge in [0, 0.05) is 0 Å². The van der Waals surface area contributed by atoms with Gasteiger partial charge in [-0.1, -0.05) is 95.0 Å². The molecule has 0 unspecified atom stereocenters. The molecule has 0 aromatic heterocycles. The second kappa shape index (κ2) is 16.2. The van der Waals surface area contributed by atoms with E-state index in [9.17, 15) is 0 Å². The minimum Gasteiger partial charge on any atom is -0.0991 e. The average Bonchev–Trinajstić information content (AvgIpc) is 2.55. The zero-order chi connectivity index (χ0) is 16.5. The van der Waals surface area contributed by atoms with E-state index in [0.29, 0.717) is 0 Å². The molecule has 0 saturated heterocycles. The predicted octanol–water partition coefficient (Wildman–Crippen LogP) is 6.83. The maximum absolute atomic E-state index is 3.71. The van der Waals surface area contributed by atoms with Crippen LogP contribution in [0.2, 0.25) is 0 Å². The Morgan fingerprint density at radius 3 is 2.19 bits per heavy atom. The van der Waals surface area contributed by atoms with Crippen LogP contribution in [0.15, 0.2) is 72.9 Å². The van der Waals surface area contributed by atoms with Gasteiger partial charge in [0.15, 0.2) is 0 Å². The molecule has 0 fully saturated rings. The fraction of sp³-hybridized carbons (Fsp3) is 0.333. The Labute approximate surface area is 132 Å². The summed E-state index contributed by atoms with van der Waals surface area (Å²) in [6.07, 6.45) is 13.1. The van der Waals surface area contributed by atoms with E-state index in [2.05, 4.69) is 56.0 Å². The van der Waals surface area contributed by atoms with Crippen molar-refractivity contribution in [3.05, 3.63) is 84.0 Å². The van der Waals surface area contributed by atoms with Gasteiger partial charge in [-0.15, -0.1) is 0 Å². The highest BCUT2D eigenvalue weighted by atomic mass is 14.0. The molecule has 0 saturated carbocycles. The van der Waals surface area contributed by atoms with E-state index in [4.69, 9.17) is 0 Å². The van der Waals surface area contributed by atoms with Gasteiger partial charge in [-0.05, 0) is 37.0 Å². The lowest BCUT2D eigenvalue weighted by Gasteiger charge is -2.05. The van der Waals surface area contributed by atoms with E-state index >= 15 is 0 Å². The molecule has 116 valence electrons. The third-order valence-corrected chi connectivity index (χ3v) is 2.60. The highest BCUT2D eigenvalue weighted by Gasteiger charge is 1.98. The summed E-state index contributed by atoms with van der Waals surface area (Å²) in [6.45, 7) is 15.9. The largest absolute Gasteiger partial charge is 0.0991 e. The van der Waals surface area contributed by atoms with E-state index in [-0.39, 0.29) is 0 Å². The van der Waals surface area contributed by atoms with Crippen LogP contribution in [0.4, 0.5) is 0 Å². The molecule has 0 aliphatic carbocycles. The lowest BCUT2D eigenvalue weighted by molar-refractivity contribution is 1.16. The minimum absolute atomic E-state index is 0.960. The Morgan fingerprint density at radius 1 is 1.05 bits per heavy atom. The molecule has 0 nitrogen and oxygen atoms in total. The monoisotopic (exact) mass is 284 g/mol. The molecule has 1 rings (SSSR count). The summed E-state index contributed by atoms with van der Waals surface area (Å²) in [7, 11) is 0. The number of aryl methyl sites for hydroxylation is 1. The summed E-state index contributed by atoms with van der Waals surface area (Å²) < 4.78 is 0. The van der Waals surface area contributed by atoms with Crippen molar-refractivity contribution in [2.75, 3.05) is 0 Å². The summed E-state index contributed by atoms with van der Waals surface area (Å²) in [5.41, 5.74) is 4.00. The lowest BCUT2D eigenvalue weighted by Crippen LogP contribution is -1.91. The van der Waals surface area contributed by atoms with E-state index in [0.717, 1.165) is 6.42 Å². The van der Waals surface area contributed by atoms with Crippen molar-refractivity contribution >= 4 is 0 Å². The van der Waals surface area contributed by atoms with E-state index in [1.54, 1.807) is 6.08 Å². The molecular formula is C21H32. The van der Waals surface area contributed by atoms with Gasteiger partial charge in [0.25, 0.3) is 0 Å². The van der Waals surface area contributed by atoms with Gasteiger partial charge in [0.1, 0.15) is 0 Å². The summed E-state index contributed by atoms with van der Waals surface area (Å²) in [6, 6.07) is 8.50. The molecule has 0 N–H and O–H groups in total. The van der Waals surface area contributed by atoms with E-state index in [1.807, 2.05) is 46.8 Å². The molecule has 1 aromatic carbocycles. The molecule has 0 amide bonds. The van der Waals surface area contributed by atoms with Crippen LogP contribution in [0.3, 0.4) is 0 Å². The third-order valence-electron chi connectivity index (χ3n) is 2.60. The SMILES string of the molecule is C=C/C=C/C(=C/C=C\C)Cc1ccccc1C.CC.CC. The summed E-state index contributed by atoms with van der Waals surface area (Å²) in [4.78, 5) is 0. The van der Waals surface area contributed by atoms with Gasteiger partial charge in [-0.3, -0.25) is 0 Å². The topological polar surface area (TPSA) is 0 Å². The zero-order valence-electron chi connectivity index (χ0n) is 14.7. The summed E-state index contributed by atoms with van der Waals surface area (Å²) in [5, 5.41) is 0. The van der Waals surface area contributed by atoms with Crippen LogP contribution >= 0.6 is 0 Å². The fourth-order valence-electron chi connectivity index (χ4n) is 1.61. The van der Waals surface area contributed by atoms with Gasteiger partial charge in [-0.25, -0.2) is 0 Å². The van der Waals surface area contributed by atoms with Crippen molar-refractivity contribution in [1.82, 2.24) is 0 Å². The highest BCUT2D eigenvalue weighted by Crippen LogP contribution is 2.14. The average molecular weight is 284 g/mol. The molecule has 0 aliphatic heterocycles. The maximum atomic E-state index is 3.71. The number of rotatable bonds is 5. The van der Waals surface area contributed by atoms with Crippen molar-refractivity contribution in [1.29, 1.82) is 0 Å². The molecule has 0 heteroatoms. The minimum atomic E-state index is 0.960. The van der Waals surface area contributed by atoms with Gasteiger partial charge in [0.2, 0.25) is 0 Å². The molecule has 0 bridgehead atoms. The van der Waals surface area contributed by atoms with Crippen LogP contribution in [0, 0.1) is 6.92 Å². The van der Waals surface area contributed by atoms with Crippen molar-refractivity contribution in [3.63, 3.8) is 0 Å². The second-order valence-electron chi connectivity index (χ2n) is 3.97. The van der Waals surface area contributed by atoms with E-state index in [1.165, 1.54) is 16.7 Å². The normalized spacial score (nSPS) is 10.7. The van der Waals surface area contributed by atoms with E-state index < -0.39 is 0 Å². The van der Waals surface area contributed by atoms with Crippen LogP contribution in [-0.2, 0) is 6.42 Å². The number of hydrogen-bond donors (Lipinski definition) is 0. The Morgan fingerprint density at radius 2 is 1.67 bits per heavy atom. The Balaban J connectivity index is 0. The van der Waals surface area contributed by atoms with Crippen LogP contribution < -0.4 is 0 Å². The fourth-order valence-corrected chi connectivity index (χ4v) is 1.61. The molecule has 0 atom stereocenters. The summed E-state index contributed by atoms with van der Waals surface area (Å²) >= 11 is 0. The van der Waals surface area contributed by atoms with Crippen molar-refractivity contribution in [3.8, 4) is 0 Å². The Hall–Kier alpha value is -1.82. The molecule has 0 spiro atoms. The Bertz CT molecular complexity index is 445. The molecule has 1 aromatic rings. The first kappa shape index (κ1) is 21.5. The molecule has 0 aliphatic rings. The van der Waals surface area contributed by atoms with Crippen molar-refractivity contribution < 1.29 is 0 Å². The predicted molar refractivity (Wildman–Crippen MR) is 99.8 cm³/mol. The van der Waals surface area contributed by atoms with Crippen LogP contribution in [-0.4, -0.2) is 0 Å². The second-order valence-corrected chi connectivity index (χ2v) is 3.97. The van der Waals surface area contributed by atoms with Gasteiger partial charge >= 0.3 is 0 Å². The number of allylic oxidation sites excluding steroid dienone is 7. The van der Waals surface area contributed by atoms with Crippen LogP contribution in [0.1, 0.15) is 45.7 Å². The van der Waals surface area contributed by atoms with Crippen molar-refractivity contribution in [2.45, 2.75) is 48.0 Å². The smallest absolute Gasteiger partial charge is 0.00232 e. The lowest BCUT2D eigenvalue weighted by atomic mass is 10.00. The van der Waals surface area contributed by atoms with Gasteiger partial charge in [0.05, 0.1) is 0 Å². The maximum Gasteiger partial charge on any atom is -0.00232 e. The molecule has 0 heterocycles. The third kappa shape index (κ3) is 10.6. The van der Waals surface area contributed by atoms with Crippen LogP contribution in [0.25, 0.3) is 0 Å². The first-order valence-corrected chi connectivity index (χ1v) is 7.93. The molecule has 0 radical (unpaired) electrons. The first-order valence-electron chi connectivity index (χ1n) is 7.93. The molecular weight excluding hydrogens is 252 g/mol. The number of benzene rings is 1. The Kier molecular flexibility index (Phi) is 16.6. The van der Waals surface area contributed by atoms with Gasteiger partial charge in [-0.2, -0.15) is 0 Å². The zero-order valence-corrected chi connectivity index (χ0v) is 14.7.